The Labute approximate surface area is 123 Å². The molecule has 1 aliphatic rings. The summed E-state index contributed by atoms with van der Waals surface area (Å²) >= 11 is 0. The normalized spacial score (nSPS) is 15.5. The number of carbonyl (C=O) groups is 1. The highest BCUT2D eigenvalue weighted by molar-refractivity contribution is 5.97. The largest absolute Gasteiger partial charge is 0.368 e. The second kappa shape index (κ2) is 6.80. The number of hydrogen-bond donors (Lipinski definition) is 0. The Balaban J connectivity index is 2.19. The van der Waals surface area contributed by atoms with Crippen LogP contribution in [0.5, 0.6) is 0 Å². The fraction of sp³-hybridized carbons (Fsp3) is 0.438. The first-order chi connectivity index (χ1) is 10.0. The van der Waals surface area contributed by atoms with Crippen LogP contribution >= 0.6 is 0 Å². The summed E-state index contributed by atoms with van der Waals surface area (Å²) in [7, 11) is 0. The molecule has 2 rings (SSSR count). The van der Waals surface area contributed by atoms with Crippen LogP contribution in [0.4, 0.5) is 14.5 Å². The van der Waals surface area contributed by atoms with Gasteiger partial charge < -0.3 is 9.64 Å². The molecule has 1 aromatic carbocycles. The first kappa shape index (κ1) is 15.6. The van der Waals surface area contributed by atoms with Crippen molar-refractivity contribution in [2.75, 3.05) is 18.1 Å². The maximum atomic E-state index is 14.0. The molecular formula is C16H19F2NO2. The maximum absolute atomic E-state index is 14.0. The molecule has 0 fully saturated rings. The van der Waals surface area contributed by atoms with Crippen molar-refractivity contribution in [3.63, 3.8) is 0 Å². The third kappa shape index (κ3) is 3.47. The van der Waals surface area contributed by atoms with E-state index in [0.29, 0.717) is 38.0 Å². The summed E-state index contributed by atoms with van der Waals surface area (Å²) in [5.41, 5.74) is 0.720. The predicted molar refractivity (Wildman–Crippen MR) is 77.3 cm³/mol. The van der Waals surface area contributed by atoms with E-state index in [4.69, 9.17) is 4.74 Å². The highest BCUT2D eigenvalue weighted by Gasteiger charge is 2.29. The van der Waals surface area contributed by atoms with E-state index >= 15 is 0 Å². The lowest BCUT2D eigenvalue weighted by Crippen LogP contribution is -2.42. The van der Waals surface area contributed by atoms with Crippen molar-refractivity contribution in [1.82, 2.24) is 0 Å². The van der Waals surface area contributed by atoms with Gasteiger partial charge in [0.05, 0.1) is 12.3 Å². The molecule has 114 valence electrons. The number of amides is 1. The van der Waals surface area contributed by atoms with E-state index in [1.165, 1.54) is 11.0 Å². The minimum absolute atomic E-state index is 0.187. The van der Waals surface area contributed by atoms with Crippen LogP contribution in [0.15, 0.2) is 24.8 Å². The zero-order valence-electron chi connectivity index (χ0n) is 12.1. The van der Waals surface area contributed by atoms with E-state index in [1.54, 1.807) is 13.0 Å². The van der Waals surface area contributed by atoms with Gasteiger partial charge in [0.25, 0.3) is 5.91 Å². The molecule has 0 aromatic heterocycles. The van der Waals surface area contributed by atoms with Gasteiger partial charge in [-0.15, -0.1) is 6.58 Å². The van der Waals surface area contributed by atoms with Gasteiger partial charge in [0.2, 0.25) is 0 Å². The Morgan fingerprint density at radius 3 is 3.00 bits per heavy atom. The summed E-state index contributed by atoms with van der Waals surface area (Å²) < 4.78 is 32.7. The minimum atomic E-state index is -0.698. The van der Waals surface area contributed by atoms with Crippen LogP contribution in [0.2, 0.25) is 0 Å². The van der Waals surface area contributed by atoms with Crippen molar-refractivity contribution in [1.29, 1.82) is 0 Å². The molecule has 1 heterocycles. The predicted octanol–water partition coefficient (Wildman–Crippen LogP) is 3.23. The van der Waals surface area contributed by atoms with E-state index in [9.17, 15) is 13.6 Å². The van der Waals surface area contributed by atoms with Crippen molar-refractivity contribution in [3.05, 3.63) is 42.0 Å². The number of hydrogen-bond acceptors (Lipinski definition) is 2. The van der Waals surface area contributed by atoms with Gasteiger partial charge in [-0.25, -0.2) is 8.78 Å². The monoisotopic (exact) mass is 295 g/mol. The summed E-state index contributed by atoms with van der Waals surface area (Å²) in [4.78, 5) is 13.8. The van der Waals surface area contributed by atoms with Crippen LogP contribution in [0.3, 0.4) is 0 Å². The molecule has 0 saturated carbocycles. The van der Waals surface area contributed by atoms with E-state index in [2.05, 4.69) is 6.58 Å². The number of carbonyl (C=O) groups excluding carboxylic acids is 1. The molecule has 21 heavy (non-hydrogen) atoms. The molecule has 0 radical (unpaired) electrons. The molecule has 1 aromatic rings. The Morgan fingerprint density at radius 1 is 1.52 bits per heavy atom. The van der Waals surface area contributed by atoms with Crippen LogP contribution in [0.25, 0.3) is 0 Å². The number of halogens is 2. The van der Waals surface area contributed by atoms with Crippen molar-refractivity contribution < 1.29 is 18.3 Å². The number of aryl methyl sites for hydroxylation is 1. The maximum Gasteiger partial charge on any atom is 0.255 e. The van der Waals surface area contributed by atoms with Crippen LogP contribution < -0.4 is 4.90 Å². The summed E-state index contributed by atoms with van der Waals surface area (Å²) in [5.74, 6) is -1.61. The zero-order valence-corrected chi connectivity index (χ0v) is 12.1. The Hall–Kier alpha value is -1.75. The van der Waals surface area contributed by atoms with Gasteiger partial charge in [0.15, 0.2) is 0 Å². The van der Waals surface area contributed by atoms with Gasteiger partial charge in [-0.2, -0.15) is 0 Å². The first-order valence-electron chi connectivity index (χ1n) is 7.06. The molecule has 0 aliphatic carbocycles. The third-order valence-electron chi connectivity index (χ3n) is 3.51. The van der Waals surface area contributed by atoms with Gasteiger partial charge in [-0.1, -0.05) is 6.08 Å². The Morgan fingerprint density at radius 2 is 2.29 bits per heavy atom. The molecule has 0 spiro atoms. The number of ether oxygens (including phenoxy) is 1. The molecule has 0 bridgehead atoms. The average Bonchev–Trinajstić information content (AvgIpc) is 2.45. The lowest BCUT2D eigenvalue weighted by atomic mass is 10.0. The zero-order chi connectivity index (χ0) is 15.4. The molecule has 1 aliphatic heterocycles. The highest BCUT2D eigenvalue weighted by Crippen LogP contribution is 2.31. The molecule has 0 N–H and O–H groups in total. The van der Waals surface area contributed by atoms with E-state index in [0.717, 1.165) is 6.07 Å². The quantitative estimate of drug-likeness (QED) is 0.616. The van der Waals surface area contributed by atoms with Gasteiger partial charge in [-0.05, 0) is 37.8 Å². The van der Waals surface area contributed by atoms with Crippen LogP contribution in [0.1, 0.15) is 25.3 Å². The summed E-state index contributed by atoms with van der Waals surface area (Å²) in [6, 6.07) is 2.11. The van der Waals surface area contributed by atoms with Crippen LogP contribution in [-0.2, 0) is 16.0 Å². The summed E-state index contributed by atoms with van der Waals surface area (Å²) in [6.45, 7) is 6.03. The summed E-state index contributed by atoms with van der Waals surface area (Å²) in [6.07, 6.45) is 2.93. The second-order valence-electron chi connectivity index (χ2n) is 5.08. The molecule has 5 heteroatoms. The van der Waals surface area contributed by atoms with Crippen LogP contribution in [-0.4, -0.2) is 25.2 Å². The molecule has 1 unspecified atom stereocenters. The fourth-order valence-electron chi connectivity index (χ4n) is 2.49. The summed E-state index contributed by atoms with van der Waals surface area (Å²) in [5, 5.41) is 0. The van der Waals surface area contributed by atoms with Crippen LogP contribution in [0, 0.1) is 11.6 Å². The Kier molecular flexibility index (Phi) is 5.07. The van der Waals surface area contributed by atoms with Gasteiger partial charge in [-0.3, -0.25) is 4.79 Å². The average molecular weight is 295 g/mol. The smallest absolute Gasteiger partial charge is 0.255 e. The highest BCUT2D eigenvalue weighted by atomic mass is 19.1. The van der Waals surface area contributed by atoms with Crippen molar-refractivity contribution in [2.24, 2.45) is 0 Å². The second-order valence-corrected chi connectivity index (χ2v) is 5.08. The van der Waals surface area contributed by atoms with E-state index in [-0.39, 0.29) is 11.6 Å². The minimum Gasteiger partial charge on any atom is -0.368 e. The third-order valence-corrected chi connectivity index (χ3v) is 3.51. The molecule has 0 saturated heterocycles. The number of rotatable bonds is 5. The molecular weight excluding hydrogens is 276 g/mol. The fourth-order valence-corrected chi connectivity index (χ4v) is 2.49. The molecule has 1 amide bonds. The van der Waals surface area contributed by atoms with Gasteiger partial charge in [0.1, 0.15) is 17.7 Å². The lowest BCUT2D eigenvalue weighted by molar-refractivity contribution is -0.129. The topological polar surface area (TPSA) is 29.5 Å². The first-order valence-corrected chi connectivity index (χ1v) is 7.06. The van der Waals surface area contributed by atoms with Gasteiger partial charge in [0, 0.05) is 12.6 Å². The number of anilines is 1. The van der Waals surface area contributed by atoms with E-state index in [1.807, 2.05) is 0 Å². The van der Waals surface area contributed by atoms with Crippen molar-refractivity contribution >= 4 is 11.6 Å². The van der Waals surface area contributed by atoms with Crippen molar-refractivity contribution in [2.45, 2.75) is 32.3 Å². The standard InChI is InChI=1S/C16H19F2NO2/c1-3-4-8-21-11(2)16(20)19-7-5-6-12-9-13(17)10-14(18)15(12)19/h3,9-11H,1,4-8H2,2H3. The number of benzene rings is 1. The van der Waals surface area contributed by atoms with Gasteiger partial charge >= 0.3 is 0 Å². The molecule has 3 nitrogen and oxygen atoms in total. The van der Waals surface area contributed by atoms with E-state index < -0.39 is 17.7 Å². The van der Waals surface area contributed by atoms with Crippen molar-refractivity contribution in [3.8, 4) is 0 Å². The molecule has 1 atom stereocenters. The number of nitrogens with zero attached hydrogens (tertiary/aromatic N) is 1. The lowest BCUT2D eigenvalue weighted by Gasteiger charge is -2.31. The SMILES string of the molecule is C=CCCOC(C)C(=O)N1CCCc2cc(F)cc(F)c21. The number of fused-ring (bicyclic) bond motifs is 1. The Bertz CT molecular complexity index is 545.